The first-order valence-electron chi connectivity index (χ1n) is 13.3. The van der Waals surface area contributed by atoms with Crippen molar-refractivity contribution in [1.29, 1.82) is 31.6 Å². The van der Waals surface area contributed by atoms with Gasteiger partial charge in [-0.25, -0.2) is 0 Å². The highest BCUT2D eigenvalue weighted by atomic mass is 14.7. The number of rotatable bonds is 2. The Labute approximate surface area is 233 Å². The van der Waals surface area contributed by atoms with Gasteiger partial charge < -0.3 is 11.5 Å². The zero-order valence-corrected chi connectivity index (χ0v) is 21.9. The van der Waals surface area contributed by atoms with E-state index in [1.807, 2.05) is 36.4 Å². The van der Waals surface area contributed by atoms with Crippen LogP contribution in [0.5, 0.6) is 0 Å². The fourth-order valence-corrected chi connectivity index (χ4v) is 7.41. The van der Waals surface area contributed by atoms with Gasteiger partial charge in [0.05, 0.1) is 46.8 Å². The van der Waals surface area contributed by atoms with Crippen molar-refractivity contribution >= 4 is 0 Å². The topological polar surface area (TPSA) is 195 Å². The molecule has 4 atom stereocenters. The maximum Gasteiger partial charge on any atom is 0.191 e. The Hall–Kier alpha value is -5.28. The van der Waals surface area contributed by atoms with Crippen LogP contribution in [0.3, 0.4) is 0 Å². The highest BCUT2D eigenvalue weighted by molar-refractivity contribution is 5.61. The molecule has 4 N–H and O–H groups in total. The molecule has 1 aromatic rings. The normalized spacial score (nSPS) is 27.9. The number of nitrogens with zero attached hydrogens (tertiary/aromatic N) is 6. The Bertz CT molecular complexity index is 1510. The van der Waals surface area contributed by atoms with Gasteiger partial charge >= 0.3 is 0 Å². The molecule has 5 rings (SSSR count). The molecule has 0 saturated carbocycles. The van der Waals surface area contributed by atoms with Gasteiger partial charge in [-0.15, -0.1) is 0 Å². The maximum absolute atomic E-state index is 10.3. The zero-order valence-electron chi connectivity index (χ0n) is 21.9. The number of nitriles is 6. The van der Waals surface area contributed by atoms with Crippen LogP contribution in [0.15, 0.2) is 70.1 Å². The lowest BCUT2D eigenvalue weighted by atomic mass is 9.55. The van der Waals surface area contributed by atoms with Gasteiger partial charge in [0.1, 0.15) is 12.1 Å². The predicted octanol–water partition coefficient (Wildman–Crippen LogP) is 4.87. The number of allylic oxidation sites excluding steroid dienone is 8. The molecule has 4 aliphatic rings. The summed E-state index contributed by atoms with van der Waals surface area (Å²) in [6.07, 6.45) is 8.74. The highest BCUT2D eigenvalue weighted by Gasteiger charge is 2.55. The van der Waals surface area contributed by atoms with Crippen molar-refractivity contribution in [2.75, 3.05) is 0 Å². The molecule has 0 aliphatic heterocycles. The van der Waals surface area contributed by atoms with Crippen molar-refractivity contribution in [1.82, 2.24) is 0 Å². The van der Waals surface area contributed by atoms with E-state index in [9.17, 15) is 31.6 Å². The monoisotopic (exact) mass is 522 g/mol. The van der Waals surface area contributed by atoms with Crippen molar-refractivity contribution in [3.05, 3.63) is 81.2 Å². The summed E-state index contributed by atoms with van der Waals surface area (Å²) in [5.41, 5.74) is 12.8. The van der Waals surface area contributed by atoms with Crippen LogP contribution in [0.2, 0.25) is 0 Å². The van der Waals surface area contributed by atoms with Gasteiger partial charge in [0, 0.05) is 11.8 Å². The van der Waals surface area contributed by atoms with E-state index < -0.39 is 22.7 Å². The second-order valence-corrected chi connectivity index (χ2v) is 10.9. The molecule has 0 amide bonds. The fourth-order valence-electron chi connectivity index (χ4n) is 7.41. The molecule has 8 heteroatoms. The molecule has 1 aromatic carbocycles. The minimum atomic E-state index is -1.71. The van der Waals surface area contributed by atoms with Crippen LogP contribution in [-0.2, 0) is 0 Å². The van der Waals surface area contributed by atoms with Crippen molar-refractivity contribution in [2.45, 2.75) is 50.4 Å². The van der Waals surface area contributed by atoms with Gasteiger partial charge in [-0.2, -0.15) is 31.6 Å². The molecular weight excluding hydrogens is 496 g/mol. The molecule has 8 nitrogen and oxygen atoms in total. The number of nitrogens with two attached hydrogens (primary N) is 2. The lowest BCUT2D eigenvalue weighted by Crippen LogP contribution is -2.43. The molecular formula is C32H26N8. The Kier molecular flexibility index (Phi) is 6.45. The van der Waals surface area contributed by atoms with Crippen LogP contribution in [-0.4, -0.2) is 0 Å². The van der Waals surface area contributed by atoms with Gasteiger partial charge in [-0.1, -0.05) is 36.4 Å². The van der Waals surface area contributed by atoms with Crippen LogP contribution in [0, 0.1) is 90.7 Å². The summed E-state index contributed by atoms with van der Waals surface area (Å²) in [5.74, 6) is -1.64. The predicted molar refractivity (Wildman–Crippen MR) is 144 cm³/mol. The van der Waals surface area contributed by atoms with E-state index in [1.165, 1.54) is 0 Å². The largest absolute Gasteiger partial charge is 0.399 e. The van der Waals surface area contributed by atoms with E-state index in [1.54, 1.807) is 0 Å². The van der Waals surface area contributed by atoms with Crippen LogP contribution in [0.25, 0.3) is 0 Å². The van der Waals surface area contributed by atoms with Crippen LogP contribution in [0.1, 0.15) is 61.5 Å². The lowest BCUT2D eigenvalue weighted by molar-refractivity contribution is 0.313. The SMILES string of the molecule is N#CC1=C(N)C(C#N)(C#N)[C@@H](c2ccc([C@H]3[C@@H]4CCCC=C4C(C#N)=C(N)C3(C#N)C#N)cc2)[C@@H]2CCCC=C12. The third-order valence-electron chi connectivity index (χ3n) is 9.25. The van der Waals surface area contributed by atoms with Crippen molar-refractivity contribution in [3.8, 4) is 36.4 Å². The molecule has 0 heterocycles. The molecule has 0 fully saturated rings. The van der Waals surface area contributed by atoms with E-state index in [0.717, 1.165) is 48.0 Å². The second-order valence-electron chi connectivity index (χ2n) is 10.9. The summed E-state index contributed by atoms with van der Waals surface area (Å²) in [6.45, 7) is 0. The van der Waals surface area contributed by atoms with Gasteiger partial charge in [0.15, 0.2) is 10.8 Å². The van der Waals surface area contributed by atoms with Crippen LogP contribution >= 0.6 is 0 Å². The van der Waals surface area contributed by atoms with Crippen LogP contribution < -0.4 is 11.5 Å². The van der Waals surface area contributed by atoms with E-state index in [0.29, 0.717) is 12.8 Å². The maximum atomic E-state index is 10.3. The first-order valence-corrected chi connectivity index (χ1v) is 13.3. The molecule has 0 spiro atoms. The van der Waals surface area contributed by atoms with Crippen molar-refractivity contribution in [3.63, 3.8) is 0 Å². The van der Waals surface area contributed by atoms with Crippen LogP contribution in [0.4, 0.5) is 0 Å². The minimum absolute atomic E-state index is 0.0161. The summed E-state index contributed by atoms with van der Waals surface area (Å²) in [5, 5.41) is 61.0. The quantitative estimate of drug-likeness (QED) is 0.548. The smallest absolute Gasteiger partial charge is 0.191 e. The number of benzene rings is 1. The van der Waals surface area contributed by atoms with Gasteiger partial charge in [0.25, 0.3) is 0 Å². The summed E-state index contributed by atoms with van der Waals surface area (Å²) in [6, 6.07) is 20.3. The van der Waals surface area contributed by atoms with E-state index in [4.69, 9.17) is 11.5 Å². The van der Waals surface area contributed by atoms with E-state index in [-0.39, 0.29) is 34.4 Å². The summed E-state index contributed by atoms with van der Waals surface area (Å²) in [7, 11) is 0. The fraction of sp³-hybridized carbons (Fsp3) is 0.375. The summed E-state index contributed by atoms with van der Waals surface area (Å²) >= 11 is 0. The Morgan fingerprint density at radius 1 is 0.600 bits per heavy atom. The molecule has 0 saturated heterocycles. The average Bonchev–Trinajstić information content (AvgIpc) is 3.00. The van der Waals surface area contributed by atoms with Crippen molar-refractivity contribution in [2.24, 2.45) is 34.1 Å². The third kappa shape index (κ3) is 3.38. The molecule has 0 aromatic heterocycles. The molecule has 0 unspecified atom stereocenters. The molecule has 0 bridgehead atoms. The second kappa shape index (κ2) is 9.79. The first kappa shape index (κ1) is 26.3. The van der Waals surface area contributed by atoms with Gasteiger partial charge in [-0.05, 0) is 72.6 Å². The average molecular weight is 523 g/mol. The Morgan fingerprint density at radius 3 is 1.25 bits per heavy atom. The highest BCUT2D eigenvalue weighted by Crippen LogP contribution is 2.58. The number of hydrogen-bond donors (Lipinski definition) is 2. The van der Waals surface area contributed by atoms with Crippen molar-refractivity contribution < 1.29 is 0 Å². The third-order valence-corrected chi connectivity index (χ3v) is 9.25. The van der Waals surface area contributed by atoms with Gasteiger partial charge in [-0.3, -0.25) is 0 Å². The lowest BCUT2D eigenvalue weighted by Gasteiger charge is -2.44. The Morgan fingerprint density at radius 2 is 0.950 bits per heavy atom. The number of fused-ring (bicyclic) bond motifs is 2. The molecule has 4 aliphatic carbocycles. The standard InChI is InChI=1S/C32H26N8/c33-13-25-21-5-1-3-7-23(21)27(31(15-35,16-36)29(25)39)19-9-11-20(12-10-19)28-24-8-4-2-6-22(24)26(14-34)30(40)32(28,17-37)18-38/h5-6,9-12,23-24,27-28H,1-4,7-8,39-40H2/t23-,24-,27+,28+/m1/s1. The molecule has 0 radical (unpaired) electrons. The first-order chi connectivity index (χ1) is 19.4. The summed E-state index contributed by atoms with van der Waals surface area (Å²) in [4.78, 5) is 0. The van der Waals surface area contributed by atoms with E-state index in [2.05, 4.69) is 36.4 Å². The molecule has 40 heavy (non-hydrogen) atoms. The zero-order chi connectivity index (χ0) is 28.7. The minimum Gasteiger partial charge on any atom is -0.399 e. The number of hydrogen-bond acceptors (Lipinski definition) is 8. The van der Waals surface area contributed by atoms with Gasteiger partial charge in [0.2, 0.25) is 0 Å². The summed E-state index contributed by atoms with van der Waals surface area (Å²) < 4.78 is 0. The molecule has 194 valence electrons. The van der Waals surface area contributed by atoms with E-state index >= 15 is 0 Å². The Balaban J connectivity index is 1.67.